The van der Waals surface area contributed by atoms with E-state index in [0.29, 0.717) is 25.4 Å². The average molecular weight is 437 g/mol. The van der Waals surface area contributed by atoms with E-state index < -0.39 is 35.6 Å². The highest BCUT2D eigenvalue weighted by atomic mass is 19.4. The third-order valence-corrected chi connectivity index (χ3v) is 5.76. The van der Waals surface area contributed by atoms with Crippen molar-refractivity contribution < 1.29 is 32.4 Å². The van der Waals surface area contributed by atoms with E-state index in [1.807, 2.05) is 0 Å². The normalized spacial score (nSPS) is 22.3. The highest BCUT2D eigenvalue weighted by Gasteiger charge is 2.37. The van der Waals surface area contributed by atoms with E-state index in [-0.39, 0.29) is 17.0 Å². The number of nitrogens with zero attached hydrogens (tertiary/aromatic N) is 2. The summed E-state index contributed by atoms with van der Waals surface area (Å²) in [6.07, 6.45) is -1.66. The molecule has 0 bridgehead atoms. The molecule has 1 aromatic carbocycles. The van der Waals surface area contributed by atoms with Gasteiger partial charge in [-0.05, 0) is 37.3 Å². The first-order valence-electron chi connectivity index (χ1n) is 10.1. The van der Waals surface area contributed by atoms with Crippen molar-refractivity contribution in [3.05, 3.63) is 41.6 Å². The molecule has 0 unspecified atom stereocenters. The van der Waals surface area contributed by atoms with Crippen LogP contribution >= 0.6 is 0 Å². The summed E-state index contributed by atoms with van der Waals surface area (Å²) in [4.78, 5) is 26.5. The molecular formula is C21H22F3N3O4. The zero-order valence-corrected chi connectivity index (χ0v) is 16.6. The molecule has 0 spiro atoms. The number of halogens is 3. The molecule has 2 fully saturated rings. The fourth-order valence-corrected chi connectivity index (χ4v) is 3.88. The van der Waals surface area contributed by atoms with Gasteiger partial charge >= 0.3 is 12.1 Å². The summed E-state index contributed by atoms with van der Waals surface area (Å²) in [5.74, 6) is -1.67. The fourth-order valence-electron chi connectivity index (χ4n) is 3.88. The Morgan fingerprint density at radius 1 is 1.23 bits per heavy atom. The van der Waals surface area contributed by atoms with Crippen LogP contribution in [0, 0.1) is 11.8 Å². The van der Waals surface area contributed by atoms with Crippen molar-refractivity contribution in [3.63, 3.8) is 0 Å². The molecule has 2 atom stereocenters. The van der Waals surface area contributed by atoms with Crippen LogP contribution in [0.3, 0.4) is 0 Å². The van der Waals surface area contributed by atoms with E-state index in [2.05, 4.69) is 15.4 Å². The first-order chi connectivity index (χ1) is 14.7. The van der Waals surface area contributed by atoms with E-state index in [1.165, 1.54) is 31.0 Å². The summed E-state index contributed by atoms with van der Waals surface area (Å²) in [5.41, 5.74) is -0.815. The van der Waals surface area contributed by atoms with Crippen molar-refractivity contribution in [1.82, 2.24) is 15.4 Å². The van der Waals surface area contributed by atoms with Crippen molar-refractivity contribution in [2.24, 2.45) is 11.8 Å². The minimum Gasteiger partial charge on any atom is -0.481 e. The highest BCUT2D eigenvalue weighted by Crippen LogP contribution is 2.33. The Labute approximate surface area is 176 Å². The smallest absolute Gasteiger partial charge is 0.416 e. The third-order valence-electron chi connectivity index (χ3n) is 5.76. The monoisotopic (exact) mass is 437 g/mol. The van der Waals surface area contributed by atoms with Crippen LogP contribution in [0.5, 0.6) is 0 Å². The molecule has 7 nitrogen and oxygen atoms in total. The average Bonchev–Trinajstić information content (AvgIpc) is 3.39. The number of hydrogen-bond donors (Lipinski definition) is 2. The van der Waals surface area contributed by atoms with Crippen LogP contribution in [0.4, 0.5) is 13.2 Å². The summed E-state index contributed by atoms with van der Waals surface area (Å²) < 4.78 is 43.8. The minimum atomic E-state index is -4.50. The Bertz CT molecular complexity index is 971. The van der Waals surface area contributed by atoms with Gasteiger partial charge in [0.25, 0.3) is 5.91 Å². The van der Waals surface area contributed by atoms with E-state index in [1.54, 1.807) is 0 Å². The Hall–Kier alpha value is -2.88. The first-order valence-corrected chi connectivity index (χ1v) is 10.1. The van der Waals surface area contributed by atoms with Gasteiger partial charge in [-0.2, -0.15) is 13.2 Å². The van der Waals surface area contributed by atoms with Gasteiger partial charge in [-0.25, -0.2) is 0 Å². The molecule has 4 rings (SSSR count). The standard InChI is InChI=1S/C21H22F3N3O4/c22-21(23,24)14-3-1-2-13(8-14)18-9-17(26-31-18)19(28)25-16-6-7-27(10-12-4-5-12)11-15(16)20(29)30/h1-3,8-9,12,15-16H,4-7,10-11H2,(H,25,28)(H,29,30)/t15-,16-/m0/s1. The van der Waals surface area contributed by atoms with Gasteiger partial charge in [-0.15, -0.1) is 0 Å². The van der Waals surface area contributed by atoms with E-state index >= 15 is 0 Å². The van der Waals surface area contributed by atoms with Crippen LogP contribution in [0.15, 0.2) is 34.9 Å². The third kappa shape index (κ3) is 5.07. The number of alkyl halides is 3. The number of aliphatic carboxylic acids is 1. The van der Waals surface area contributed by atoms with Crippen molar-refractivity contribution in [3.8, 4) is 11.3 Å². The maximum Gasteiger partial charge on any atom is 0.416 e. The van der Waals surface area contributed by atoms with Gasteiger partial charge in [-0.1, -0.05) is 17.3 Å². The largest absolute Gasteiger partial charge is 0.481 e. The summed E-state index contributed by atoms with van der Waals surface area (Å²) in [5, 5.41) is 16.0. The second-order valence-corrected chi connectivity index (χ2v) is 8.17. The number of carbonyl (C=O) groups excluding carboxylic acids is 1. The number of piperidine rings is 1. The number of carboxylic acids is 1. The lowest BCUT2D eigenvalue weighted by Gasteiger charge is -2.36. The summed E-state index contributed by atoms with van der Waals surface area (Å²) in [7, 11) is 0. The number of nitrogens with one attached hydrogen (secondary N) is 1. The lowest BCUT2D eigenvalue weighted by atomic mass is 9.91. The summed E-state index contributed by atoms with van der Waals surface area (Å²) in [6, 6.07) is 5.21. The molecule has 1 aliphatic carbocycles. The van der Waals surface area contributed by atoms with E-state index in [4.69, 9.17) is 4.52 Å². The van der Waals surface area contributed by atoms with Crippen molar-refractivity contribution in [2.75, 3.05) is 19.6 Å². The summed E-state index contributed by atoms with van der Waals surface area (Å²) >= 11 is 0. The molecule has 1 aromatic heterocycles. The molecule has 2 aromatic rings. The first kappa shape index (κ1) is 21.4. The topological polar surface area (TPSA) is 95.7 Å². The molecule has 2 aliphatic rings. The molecule has 166 valence electrons. The Morgan fingerprint density at radius 2 is 2.00 bits per heavy atom. The molecule has 31 heavy (non-hydrogen) atoms. The molecule has 1 saturated carbocycles. The lowest BCUT2D eigenvalue weighted by Crippen LogP contribution is -2.53. The zero-order valence-electron chi connectivity index (χ0n) is 16.6. The zero-order chi connectivity index (χ0) is 22.2. The van der Waals surface area contributed by atoms with Gasteiger partial charge in [0.15, 0.2) is 11.5 Å². The second kappa shape index (κ2) is 8.33. The quantitative estimate of drug-likeness (QED) is 0.720. The van der Waals surface area contributed by atoms with Crippen LogP contribution < -0.4 is 5.32 Å². The van der Waals surface area contributed by atoms with Crippen molar-refractivity contribution in [1.29, 1.82) is 0 Å². The van der Waals surface area contributed by atoms with Crippen LogP contribution in [-0.2, 0) is 11.0 Å². The molecule has 1 aliphatic heterocycles. The lowest BCUT2D eigenvalue weighted by molar-refractivity contribution is -0.144. The summed E-state index contributed by atoms with van der Waals surface area (Å²) in [6.45, 7) is 1.94. The molecular weight excluding hydrogens is 415 g/mol. The SMILES string of the molecule is O=C(N[C@H]1CCN(CC2CC2)C[C@@H]1C(=O)O)c1cc(-c2cccc(C(F)(F)F)c2)on1. The van der Waals surface area contributed by atoms with Gasteiger partial charge in [-0.3, -0.25) is 9.59 Å². The Kier molecular flexibility index (Phi) is 5.74. The van der Waals surface area contributed by atoms with Gasteiger partial charge < -0.3 is 19.8 Å². The van der Waals surface area contributed by atoms with E-state index in [0.717, 1.165) is 18.7 Å². The number of benzene rings is 1. The van der Waals surface area contributed by atoms with Crippen LogP contribution in [0.1, 0.15) is 35.3 Å². The molecule has 0 radical (unpaired) electrons. The second-order valence-electron chi connectivity index (χ2n) is 8.17. The van der Waals surface area contributed by atoms with Crippen molar-refractivity contribution >= 4 is 11.9 Å². The predicted molar refractivity (Wildman–Crippen MR) is 103 cm³/mol. The van der Waals surface area contributed by atoms with Gasteiger partial charge in [0.2, 0.25) is 0 Å². The maximum atomic E-state index is 12.9. The van der Waals surface area contributed by atoms with Crippen LogP contribution in [0.2, 0.25) is 0 Å². The molecule has 2 N–H and O–H groups in total. The van der Waals surface area contributed by atoms with Gasteiger partial charge in [0, 0.05) is 37.3 Å². The number of rotatable bonds is 6. The van der Waals surface area contributed by atoms with Crippen molar-refractivity contribution in [2.45, 2.75) is 31.5 Å². The number of carboxylic acid groups (broad SMARTS) is 1. The number of likely N-dealkylation sites (tertiary alicyclic amines) is 1. The van der Waals surface area contributed by atoms with E-state index in [9.17, 15) is 27.9 Å². The van der Waals surface area contributed by atoms with Gasteiger partial charge in [0.1, 0.15) is 0 Å². The molecule has 2 heterocycles. The van der Waals surface area contributed by atoms with Gasteiger partial charge in [0.05, 0.1) is 11.5 Å². The number of hydrogen-bond acceptors (Lipinski definition) is 5. The number of amides is 1. The molecule has 10 heteroatoms. The van der Waals surface area contributed by atoms with Crippen LogP contribution in [0.25, 0.3) is 11.3 Å². The Balaban J connectivity index is 1.43. The van der Waals surface area contributed by atoms with Crippen LogP contribution in [-0.4, -0.2) is 52.7 Å². The molecule has 1 saturated heterocycles. The Morgan fingerprint density at radius 3 is 2.68 bits per heavy atom. The molecule has 1 amide bonds. The number of carbonyl (C=O) groups is 2. The predicted octanol–water partition coefficient (Wildman–Crippen LogP) is 3.28. The number of aromatic nitrogens is 1. The highest BCUT2D eigenvalue weighted by molar-refractivity contribution is 5.93. The minimum absolute atomic E-state index is 0.0188. The maximum absolute atomic E-state index is 12.9. The fraction of sp³-hybridized carbons (Fsp3) is 0.476.